The Bertz CT molecular complexity index is 833. The van der Waals surface area contributed by atoms with Crippen molar-refractivity contribution in [1.82, 2.24) is 14.0 Å². The van der Waals surface area contributed by atoms with Crippen LogP contribution in [0.4, 0.5) is 0 Å². The van der Waals surface area contributed by atoms with Crippen LogP contribution in [0.5, 0.6) is 0 Å². The lowest BCUT2D eigenvalue weighted by atomic mass is 10.1. The summed E-state index contributed by atoms with van der Waals surface area (Å²) in [6.07, 6.45) is 0.0569. The lowest BCUT2D eigenvalue weighted by Crippen LogP contribution is -2.25. The van der Waals surface area contributed by atoms with Crippen molar-refractivity contribution in [2.24, 2.45) is 20.0 Å². The van der Waals surface area contributed by atoms with Crippen molar-refractivity contribution in [2.75, 3.05) is 6.54 Å². The molecular formula is C15H17N3O4. The van der Waals surface area contributed by atoms with Crippen molar-refractivity contribution in [3.8, 4) is 0 Å². The number of amides is 1. The van der Waals surface area contributed by atoms with E-state index in [0.29, 0.717) is 6.54 Å². The second-order valence-corrected chi connectivity index (χ2v) is 5.74. The Morgan fingerprint density at radius 2 is 1.91 bits per heavy atom. The van der Waals surface area contributed by atoms with E-state index in [-0.39, 0.29) is 24.6 Å². The molecule has 1 amide bonds. The van der Waals surface area contributed by atoms with E-state index in [0.717, 1.165) is 16.6 Å². The van der Waals surface area contributed by atoms with Crippen LogP contribution in [-0.2, 0) is 30.2 Å². The zero-order valence-corrected chi connectivity index (χ0v) is 12.4. The second kappa shape index (κ2) is 5.01. The summed E-state index contributed by atoms with van der Waals surface area (Å²) in [5, 5.41) is 9.01. The summed E-state index contributed by atoms with van der Waals surface area (Å²) in [4.78, 5) is 36.3. The third-order valence-corrected chi connectivity index (χ3v) is 4.27. The predicted octanol–water partition coefficient (Wildman–Crippen LogP) is 0.310. The van der Waals surface area contributed by atoms with Crippen molar-refractivity contribution < 1.29 is 14.7 Å². The average Bonchev–Trinajstić information content (AvgIpc) is 2.95. The Morgan fingerprint density at radius 3 is 2.55 bits per heavy atom. The van der Waals surface area contributed by atoms with Gasteiger partial charge in [-0.1, -0.05) is 6.07 Å². The van der Waals surface area contributed by atoms with E-state index >= 15 is 0 Å². The molecular weight excluding hydrogens is 286 g/mol. The smallest absolute Gasteiger partial charge is 0.328 e. The van der Waals surface area contributed by atoms with Gasteiger partial charge in [-0.3, -0.25) is 18.7 Å². The molecule has 0 spiro atoms. The molecule has 1 aliphatic heterocycles. The van der Waals surface area contributed by atoms with Crippen molar-refractivity contribution in [3.05, 3.63) is 34.2 Å². The molecule has 0 radical (unpaired) electrons. The van der Waals surface area contributed by atoms with E-state index in [4.69, 9.17) is 5.11 Å². The molecule has 2 aromatic rings. The molecule has 116 valence electrons. The maximum Gasteiger partial charge on any atom is 0.328 e. The maximum atomic E-state index is 11.9. The number of fused-ring (bicyclic) bond motifs is 1. The van der Waals surface area contributed by atoms with Gasteiger partial charge in [0.05, 0.1) is 17.0 Å². The van der Waals surface area contributed by atoms with Crippen LogP contribution in [0.1, 0.15) is 12.0 Å². The van der Waals surface area contributed by atoms with Crippen molar-refractivity contribution in [2.45, 2.75) is 13.0 Å². The van der Waals surface area contributed by atoms with Crippen LogP contribution < -0.4 is 5.69 Å². The normalized spacial score (nSPS) is 18.4. The molecule has 1 fully saturated rings. The largest absolute Gasteiger partial charge is 0.481 e. The first-order valence-electron chi connectivity index (χ1n) is 7.03. The van der Waals surface area contributed by atoms with E-state index in [9.17, 15) is 14.4 Å². The lowest BCUT2D eigenvalue weighted by Gasteiger charge is -2.16. The summed E-state index contributed by atoms with van der Waals surface area (Å²) in [7, 11) is 3.42. The number of likely N-dealkylation sites (tertiary alicyclic amines) is 1. The summed E-state index contributed by atoms with van der Waals surface area (Å²) >= 11 is 0. The number of hydrogen-bond donors (Lipinski definition) is 1. The lowest BCUT2D eigenvalue weighted by molar-refractivity contribution is -0.141. The van der Waals surface area contributed by atoms with E-state index in [2.05, 4.69) is 0 Å². The summed E-state index contributed by atoms with van der Waals surface area (Å²) < 4.78 is 3.13. The number of carbonyl (C=O) groups excluding carboxylic acids is 1. The number of hydrogen-bond acceptors (Lipinski definition) is 3. The summed E-state index contributed by atoms with van der Waals surface area (Å²) in [5.74, 6) is -1.71. The fourth-order valence-electron chi connectivity index (χ4n) is 2.96. The van der Waals surface area contributed by atoms with Gasteiger partial charge in [0, 0.05) is 33.6 Å². The molecule has 7 nitrogen and oxygen atoms in total. The van der Waals surface area contributed by atoms with Crippen LogP contribution in [0.25, 0.3) is 11.0 Å². The van der Waals surface area contributed by atoms with Crippen LogP contribution in [0.15, 0.2) is 23.0 Å². The molecule has 1 saturated heterocycles. The van der Waals surface area contributed by atoms with Gasteiger partial charge in [0.15, 0.2) is 0 Å². The van der Waals surface area contributed by atoms with E-state index in [1.54, 1.807) is 28.1 Å². The van der Waals surface area contributed by atoms with Gasteiger partial charge in [-0.2, -0.15) is 0 Å². The highest BCUT2D eigenvalue weighted by atomic mass is 16.4. The van der Waals surface area contributed by atoms with E-state index in [1.807, 2.05) is 18.2 Å². The monoisotopic (exact) mass is 303 g/mol. The first kappa shape index (κ1) is 14.4. The molecule has 1 aromatic heterocycles. The number of nitrogens with zero attached hydrogens (tertiary/aromatic N) is 3. The number of aryl methyl sites for hydroxylation is 2. The van der Waals surface area contributed by atoms with E-state index in [1.165, 1.54) is 0 Å². The molecule has 1 unspecified atom stereocenters. The highest BCUT2D eigenvalue weighted by molar-refractivity contribution is 5.86. The first-order chi connectivity index (χ1) is 10.4. The number of benzene rings is 1. The molecule has 3 rings (SSSR count). The molecule has 0 saturated carbocycles. The summed E-state index contributed by atoms with van der Waals surface area (Å²) in [6, 6.07) is 5.59. The van der Waals surface area contributed by atoms with Gasteiger partial charge < -0.3 is 10.0 Å². The van der Waals surface area contributed by atoms with Crippen LogP contribution in [-0.4, -0.2) is 37.6 Å². The van der Waals surface area contributed by atoms with Crippen molar-refractivity contribution in [1.29, 1.82) is 0 Å². The fourth-order valence-corrected chi connectivity index (χ4v) is 2.96. The van der Waals surface area contributed by atoms with Gasteiger partial charge in [0.25, 0.3) is 0 Å². The Morgan fingerprint density at radius 1 is 1.23 bits per heavy atom. The molecule has 1 atom stereocenters. The number of carbonyl (C=O) groups is 2. The highest BCUT2D eigenvalue weighted by Gasteiger charge is 2.34. The fraction of sp³-hybridized carbons (Fsp3) is 0.400. The number of imidazole rings is 1. The Hall–Kier alpha value is -2.57. The van der Waals surface area contributed by atoms with Crippen LogP contribution in [0, 0.1) is 5.92 Å². The van der Waals surface area contributed by atoms with Gasteiger partial charge in [0.1, 0.15) is 0 Å². The maximum absolute atomic E-state index is 11.9. The molecule has 7 heteroatoms. The highest BCUT2D eigenvalue weighted by Crippen LogP contribution is 2.22. The zero-order valence-electron chi connectivity index (χ0n) is 12.4. The molecule has 1 aromatic carbocycles. The van der Waals surface area contributed by atoms with Crippen LogP contribution >= 0.6 is 0 Å². The number of carboxylic acid groups (broad SMARTS) is 1. The minimum Gasteiger partial charge on any atom is -0.481 e. The van der Waals surface area contributed by atoms with Crippen molar-refractivity contribution in [3.63, 3.8) is 0 Å². The summed E-state index contributed by atoms with van der Waals surface area (Å²) in [5.41, 5.74) is 2.40. The Kier molecular flexibility index (Phi) is 3.27. The number of rotatable bonds is 3. The standard InChI is InChI=1S/C15H17N3O4/c1-16-11-4-3-9(5-12(11)17(2)15(16)22)7-18-8-10(14(20)21)6-13(18)19/h3-5,10H,6-8H2,1-2H3,(H,20,21). The second-order valence-electron chi connectivity index (χ2n) is 5.74. The molecule has 22 heavy (non-hydrogen) atoms. The topological polar surface area (TPSA) is 84.5 Å². The van der Waals surface area contributed by atoms with Gasteiger partial charge in [-0.15, -0.1) is 0 Å². The quantitative estimate of drug-likeness (QED) is 0.884. The molecule has 1 aliphatic rings. The van der Waals surface area contributed by atoms with Crippen molar-refractivity contribution >= 4 is 22.9 Å². The zero-order chi connectivity index (χ0) is 16.0. The van der Waals surface area contributed by atoms with Gasteiger partial charge >= 0.3 is 11.7 Å². The molecule has 2 heterocycles. The molecule has 1 N–H and O–H groups in total. The van der Waals surface area contributed by atoms with Crippen LogP contribution in [0.3, 0.4) is 0 Å². The SMILES string of the molecule is Cn1c(=O)n(C)c2cc(CN3CC(C(=O)O)CC3=O)ccc21. The number of aliphatic carboxylic acids is 1. The number of carboxylic acids is 1. The van der Waals surface area contributed by atoms with Gasteiger partial charge in [-0.25, -0.2) is 4.79 Å². The first-order valence-corrected chi connectivity index (χ1v) is 7.03. The third kappa shape index (κ3) is 2.18. The Labute approximate surface area is 126 Å². The van der Waals surface area contributed by atoms with Gasteiger partial charge in [0.2, 0.25) is 5.91 Å². The van der Waals surface area contributed by atoms with Gasteiger partial charge in [-0.05, 0) is 17.7 Å². The minimum atomic E-state index is -0.934. The molecule has 0 bridgehead atoms. The van der Waals surface area contributed by atoms with E-state index < -0.39 is 11.9 Å². The summed E-state index contributed by atoms with van der Waals surface area (Å²) in [6.45, 7) is 0.599. The predicted molar refractivity (Wildman–Crippen MR) is 79.3 cm³/mol. The molecule has 0 aliphatic carbocycles. The third-order valence-electron chi connectivity index (χ3n) is 4.27. The minimum absolute atomic E-state index is 0.0569. The van der Waals surface area contributed by atoms with Crippen LogP contribution in [0.2, 0.25) is 0 Å². The Balaban J connectivity index is 1.89. The average molecular weight is 303 g/mol. The number of aromatic nitrogens is 2.